The summed E-state index contributed by atoms with van der Waals surface area (Å²) in [6.45, 7) is 8.92. The van der Waals surface area contributed by atoms with Gasteiger partial charge < -0.3 is 0 Å². The molecule has 0 atom stereocenters. The molecule has 1 aromatic carbocycles. The molecule has 1 aliphatic rings. The van der Waals surface area contributed by atoms with Crippen LogP contribution in [0.4, 0.5) is 0 Å². The Labute approximate surface area is 143 Å². The molecule has 3 nitrogen and oxygen atoms in total. The molecule has 1 heterocycles. The van der Waals surface area contributed by atoms with Gasteiger partial charge >= 0.3 is 0 Å². The average molecular weight is 330 g/mol. The topological polar surface area (TPSA) is 30.7 Å². The molecule has 0 bridgehead atoms. The van der Waals surface area contributed by atoms with Gasteiger partial charge in [0.25, 0.3) is 0 Å². The molecule has 124 valence electrons. The van der Waals surface area contributed by atoms with Crippen LogP contribution in [0.2, 0.25) is 0 Å². The van der Waals surface area contributed by atoms with Crippen molar-refractivity contribution in [2.45, 2.75) is 70.0 Å². The van der Waals surface area contributed by atoms with E-state index in [1.165, 1.54) is 36.8 Å². The third-order valence-electron chi connectivity index (χ3n) is 4.64. The summed E-state index contributed by atoms with van der Waals surface area (Å²) in [5.74, 6) is 2.07. The Morgan fingerprint density at radius 1 is 1.09 bits per heavy atom. The maximum Gasteiger partial charge on any atom is 0.191 e. The van der Waals surface area contributed by atoms with Gasteiger partial charge in [-0.2, -0.15) is 0 Å². The van der Waals surface area contributed by atoms with E-state index in [-0.39, 0.29) is 5.41 Å². The highest BCUT2D eigenvalue weighted by molar-refractivity contribution is 7.99. The molecular formula is C19H27N3S. The lowest BCUT2D eigenvalue weighted by molar-refractivity contribution is 0.485. The molecule has 0 N–H and O–H groups in total. The van der Waals surface area contributed by atoms with Crippen LogP contribution in [0.15, 0.2) is 29.4 Å². The molecule has 0 radical (unpaired) electrons. The summed E-state index contributed by atoms with van der Waals surface area (Å²) in [6, 6.07) is 9.44. The Kier molecular flexibility index (Phi) is 4.81. The molecule has 3 rings (SSSR count). The third kappa shape index (κ3) is 3.47. The minimum atomic E-state index is 0.181. The maximum atomic E-state index is 4.53. The van der Waals surface area contributed by atoms with Gasteiger partial charge in [0.15, 0.2) is 11.0 Å². The highest BCUT2D eigenvalue weighted by Gasteiger charge is 2.25. The normalized spacial score (nSPS) is 16.2. The number of benzene rings is 1. The summed E-state index contributed by atoms with van der Waals surface area (Å²) in [7, 11) is 0. The summed E-state index contributed by atoms with van der Waals surface area (Å²) in [4.78, 5) is 0. The molecule has 1 saturated carbocycles. The van der Waals surface area contributed by atoms with Crippen LogP contribution >= 0.6 is 11.8 Å². The second-order valence-electron chi connectivity index (χ2n) is 7.37. The first kappa shape index (κ1) is 16.6. The standard InChI is InChI=1S/C19H27N3S/c1-5-23-18-21-20-17(22(18)16-8-6-7-9-16)14-10-12-15(13-11-14)19(2,3)4/h10-13,16H,5-9H2,1-4H3. The average Bonchev–Trinajstić information content (AvgIpc) is 3.15. The predicted octanol–water partition coefficient (Wildman–Crippen LogP) is 5.47. The van der Waals surface area contributed by atoms with Crippen LogP contribution in [0.1, 0.15) is 65.0 Å². The van der Waals surface area contributed by atoms with Crippen molar-refractivity contribution in [3.8, 4) is 11.4 Å². The van der Waals surface area contributed by atoms with Crippen LogP contribution in [0.3, 0.4) is 0 Å². The highest BCUT2D eigenvalue weighted by atomic mass is 32.2. The zero-order chi connectivity index (χ0) is 16.4. The quantitative estimate of drug-likeness (QED) is 0.697. The van der Waals surface area contributed by atoms with Crippen LogP contribution in [0.5, 0.6) is 0 Å². The van der Waals surface area contributed by atoms with Crippen molar-refractivity contribution in [2.75, 3.05) is 5.75 Å². The summed E-state index contributed by atoms with van der Waals surface area (Å²) >= 11 is 1.80. The molecule has 23 heavy (non-hydrogen) atoms. The van der Waals surface area contributed by atoms with Gasteiger partial charge in [0.2, 0.25) is 0 Å². The van der Waals surface area contributed by atoms with E-state index in [2.05, 4.69) is 66.7 Å². The first-order valence-electron chi connectivity index (χ1n) is 8.69. The van der Waals surface area contributed by atoms with Crippen molar-refractivity contribution in [3.63, 3.8) is 0 Å². The minimum absolute atomic E-state index is 0.181. The molecule has 1 aliphatic carbocycles. The smallest absolute Gasteiger partial charge is 0.191 e. The Bertz CT molecular complexity index is 646. The van der Waals surface area contributed by atoms with E-state index in [1.807, 2.05) is 0 Å². The van der Waals surface area contributed by atoms with E-state index < -0.39 is 0 Å². The Hall–Kier alpha value is -1.29. The van der Waals surface area contributed by atoms with Gasteiger partial charge in [-0.25, -0.2) is 0 Å². The zero-order valence-electron chi connectivity index (χ0n) is 14.7. The zero-order valence-corrected chi connectivity index (χ0v) is 15.5. The first-order chi connectivity index (χ1) is 11.0. The van der Waals surface area contributed by atoms with Crippen LogP contribution in [-0.2, 0) is 5.41 Å². The SMILES string of the molecule is CCSc1nnc(-c2ccc(C(C)(C)C)cc2)n1C1CCCC1. The monoisotopic (exact) mass is 329 g/mol. The largest absolute Gasteiger partial charge is 0.299 e. The fourth-order valence-electron chi connectivity index (χ4n) is 3.31. The van der Waals surface area contributed by atoms with Crippen molar-refractivity contribution >= 4 is 11.8 Å². The highest BCUT2D eigenvalue weighted by Crippen LogP contribution is 2.36. The van der Waals surface area contributed by atoms with Crippen molar-refractivity contribution in [2.24, 2.45) is 0 Å². The fourth-order valence-corrected chi connectivity index (χ4v) is 4.04. The van der Waals surface area contributed by atoms with Gasteiger partial charge in [-0.15, -0.1) is 10.2 Å². The molecule has 0 aliphatic heterocycles. The van der Waals surface area contributed by atoms with Gasteiger partial charge in [-0.3, -0.25) is 4.57 Å². The van der Waals surface area contributed by atoms with Crippen LogP contribution in [0.25, 0.3) is 11.4 Å². The Morgan fingerprint density at radius 2 is 1.74 bits per heavy atom. The molecule has 1 fully saturated rings. The van der Waals surface area contributed by atoms with Gasteiger partial charge in [-0.1, -0.05) is 76.6 Å². The van der Waals surface area contributed by atoms with Crippen LogP contribution < -0.4 is 0 Å². The van der Waals surface area contributed by atoms with E-state index in [0.29, 0.717) is 6.04 Å². The Balaban J connectivity index is 1.98. The number of nitrogens with zero attached hydrogens (tertiary/aromatic N) is 3. The molecule has 0 unspecified atom stereocenters. The summed E-state index contributed by atoms with van der Waals surface area (Å²) in [5.41, 5.74) is 2.72. The summed E-state index contributed by atoms with van der Waals surface area (Å²) in [6.07, 6.45) is 5.15. The second kappa shape index (κ2) is 6.68. The van der Waals surface area contributed by atoms with Crippen molar-refractivity contribution < 1.29 is 0 Å². The maximum absolute atomic E-state index is 4.53. The molecule has 1 aromatic heterocycles. The lowest BCUT2D eigenvalue weighted by Crippen LogP contribution is -2.11. The van der Waals surface area contributed by atoms with Crippen molar-refractivity contribution in [3.05, 3.63) is 29.8 Å². The van der Waals surface area contributed by atoms with Gasteiger partial charge in [0.05, 0.1) is 0 Å². The van der Waals surface area contributed by atoms with Crippen molar-refractivity contribution in [1.82, 2.24) is 14.8 Å². The van der Waals surface area contributed by atoms with Gasteiger partial charge in [0, 0.05) is 11.6 Å². The Morgan fingerprint density at radius 3 is 2.30 bits per heavy atom. The van der Waals surface area contributed by atoms with Crippen LogP contribution in [-0.4, -0.2) is 20.5 Å². The molecule has 4 heteroatoms. The van der Waals surface area contributed by atoms with E-state index in [1.54, 1.807) is 11.8 Å². The molecule has 2 aromatic rings. The fraction of sp³-hybridized carbons (Fsp3) is 0.579. The predicted molar refractivity (Wildman–Crippen MR) is 98.1 cm³/mol. The van der Waals surface area contributed by atoms with Gasteiger partial charge in [0.1, 0.15) is 0 Å². The lowest BCUT2D eigenvalue weighted by atomic mass is 9.86. The van der Waals surface area contributed by atoms with E-state index in [4.69, 9.17) is 0 Å². The molecule has 0 saturated heterocycles. The minimum Gasteiger partial charge on any atom is -0.299 e. The molecular weight excluding hydrogens is 302 g/mol. The molecule has 0 amide bonds. The van der Waals surface area contributed by atoms with Crippen molar-refractivity contribution in [1.29, 1.82) is 0 Å². The van der Waals surface area contributed by atoms with Crippen LogP contribution in [0, 0.1) is 0 Å². The summed E-state index contributed by atoms with van der Waals surface area (Å²) < 4.78 is 2.40. The second-order valence-corrected chi connectivity index (χ2v) is 8.61. The number of rotatable bonds is 4. The van der Waals surface area contributed by atoms with E-state index in [0.717, 1.165) is 16.7 Å². The summed E-state index contributed by atoms with van der Waals surface area (Å²) in [5, 5.41) is 10.1. The number of hydrogen-bond acceptors (Lipinski definition) is 3. The number of thioether (sulfide) groups is 1. The third-order valence-corrected chi connectivity index (χ3v) is 5.46. The van der Waals surface area contributed by atoms with Gasteiger partial charge in [-0.05, 0) is 29.6 Å². The lowest BCUT2D eigenvalue weighted by Gasteiger charge is -2.20. The molecule has 0 spiro atoms. The van der Waals surface area contributed by atoms with E-state index >= 15 is 0 Å². The number of aromatic nitrogens is 3. The number of hydrogen-bond donors (Lipinski definition) is 0. The first-order valence-corrected chi connectivity index (χ1v) is 9.68. The van der Waals surface area contributed by atoms with E-state index in [9.17, 15) is 0 Å².